The van der Waals surface area contributed by atoms with E-state index in [4.69, 9.17) is 0 Å². The summed E-state index contributed by atoms with van der Waals surface area (Å²) in [4.78, 5) is 18.3. The van der Waals surface area contributed by atoms with Crippen molar-refractivity contribution in [1.29, 1.82) is 0 Å². The van der Waals surface area contributed by atoms with E-state index in [9.17, 15) is 10.1 Å². The van der Waals surface area contributed by atoms with E-state index in [1.54, 1.807) is 11.6 Å². The number of imidazole rings is 1. The first-order valence-corrected chi connectivity index (χ1v) is 8.13. The minimum Gasteiger partial charge on any atom is -0.363 e. The molecule has 0 saturated carbocycles. The molecule has 2 aromatic rings. The molecule has 8 heteroatoms. The molecule has 1 aliphatic heterocycles. The Morgan fingerprint density at radius 1 is 1.52 bits per heavy atom. The van der Waals surface area contributed by atoms with Crippen molar-refractivity contribution in [3.63, 3.8) is 0 Å². The lowest BCUT2D eigenvalue weighted by molar-refractivity contribution is -0.389. The van der Waals surface area contributed by atoms with Crippen molar-refractivity contribution in [2.24, 2.45) is 5.92 Å². The molecular formula is C13H19N5O2S. The number of likely N-dealkylation sites (tertiary alicyclic amines) is 1. The fourth-order valence-corrected chi connectivity index (χ4v) is 3.52. The van der Waals surface area contributed by atoms with Gasteiger partial charge in [0.15, 0.2) is 0 Å². The van der Waals surface area contributed by atoms with E-state index in [1.807, 2.05) is 0 Å². The van der Waals surface area contributed by atoms with Gasteiger partial charge in [-0.2, -0.15) is 9.38 Å². The molecule has 0 atom stereocenters. The molecule has 3 rings (SSSR count). The molecule has 1 fully saturated rings. The topological polar surface area (TPSA) is 75.7 Å². The Morgan fingerprint density at radius 2 is 2.29 bits per heavy atom. The monoisotopic (exact) mass is 309 g/mol. The molecule has 1 N–H and O–H groups in total. The van der Waals surface area contributed by atoms with Crippen LogP contribution >= 0.6 is 11.3 Å². The van der Waals surface area contributed by atoms with Gasteiger partial charge in [0.2, 0.25) is 5.82 Å². The number of nitro groups is 1. The lowest BCUT2D eigenvalue weighted by Crippen LogP contribution is -2.35. The summed E-state index contributed by atoms with van der Waals surface area (Å²) in [6.07, 6.45) is 3.96. The first-order valence-electron chi connectivity index (χ1n) is 7.25. The average Bonchev–Trinajstić information content (AvgIpc) is 3.05. The minimum absolute atomic E-state index is 0.0391. The van der Waals surface area contributed by atoms with E-state index in [0.717, 1.165) is 39.0 Å². The van der Waals surface area contributed by atoms with Crippen LogP contribution in [0.3, 0.4) is 0 Å². The number of fused-ring (bicyclic) bond motifs is 1. The molecule has 0 aromatic carbocycles. The molecule has 0 spiro atoms. The van der Waals surface area contributed by atoms with Crippen LogP contribution in [0.4, 0.5) is 11.6 Å². The molecule has 2 aromatic heterocycles. The van der Waals surface area contributed by atoms with Gasteiger partial charge in [-0.1, -0.05) is 18.3 Å². The number of hydrogen-bond acceptors (Lipinski definition) is 6. The highest BCUT2D eigenvalue weighted by Gasteiger charge is 2.25. The summed E-state index contributed by atoms with van der Waals surface area (Å²) in [7, 11) is 0. The summed E-state index contributed by atoms with van der Waals surface area (Å²) in [5.41, 5.74) is 0. The molecule has 0 amide bonds. The van der Waals surface area contributed by atoms with Gasteiger partial charge in [0, 0.05) is 11.9 Å². The SMILES string of the molecule is CCN1CCC(CNc2nc3sccn3c2[N+](=O)[O-])CC1. The van der Waals surface area contributed by atoms with Crippen molar-refractivity contribution >= 4 is 27.9 Å². The Kier molecular flexibility index (Phi) is 4.07. The zero-order valence-electron chi connectivity index (χ0n) is 12.0. The normalized spacial score (nSPS) is 17.4. The predicted octanol–water partition coefficient (Wildman–Crippen LogP) is 2.45. The van der Waals surface area contributed by atoms with Gasteiger partial charge in [0.1, 0.15) is 6.20 Å². The van der Waals surface area contributed by atoms with Crippen LogP contribution in [0.25, 0.3) is 4.96 Å². The Morgan fingerprint density at radius 3 is 2.95 bits per heavy atom. The third-order valence-electron chi connectivity index (χ3n) is 4.12. The number of hydrogen-bond donors (Lipinski definition) is 1. The van der Waals surface area contributed by atoms with Crippen molar-refractivity contribution in [3.05, 3.63) is 21.7 Å². The molecule has 0 radical (unpaired) electrons. The quantitative estimate of drug-likeness (QED) is 0.678. The van der Waals surface area contributed by atoms with Crippen LogP contribution in [-0.2, 0) is 0 Å². The third kappa shape index (κ3) is 2.86. The summed E-state index contributed by atoms with van der Waals surface area (Å²) >= 11 is 1.41. The van der Waals surface area contributed by atoms with Crippen LogP contribution in [0.2, 0.25) is 0 Å². The van der Waals surface area contributed by atoms with Crippen LogP contribution in [0.1, 0.15) is 19.8 Å². The first kappa shape index (κ1) is 14.3. The summed E-state index contributed by atoms with van der Waals surface area (Å²) in [6.45, 7) is 6.26. The van der Waals surface area contributed by atoms with Gasteiger partial charge in [-0.05, 0) is 43.3 Å². The van der Waals surface area contributed by atoms with Crippen LogP contribution in [0.5, 0.6) is 0 Å². The molecule has 3 heterocycles. The van der Waals surface area contributed by atoms with E-state index < -0.39 is 0 Å². The van der Waals surface area contributed by atoms with Crippen LogP contribution in [0.15, 0.2) is 11.6 Å². The number of piperidine rings is 1. The Hall–Kier alpha value is -1.67. The molecule has 0 bridgehead atoms. The molecular weight excluding hydrogens is 290 g/mol. The van der Waals surface area contributed by atoms with Gasteiger partial charge in [0.25, 0.3) is 4.96 Å². The third-order valence-corrected chi connectivity index (χ3v) is 4.88. The van der Waals surface area contributed by atoms with E-state index >= 15 is 0 Å². The van der Waals surface area contributed by atoms with E-state index in [1.165, 1.54) is 15.7 Å². The fourth-order valence-electron chi connectivity index (χ4n) is 2.81. The minimum atomic E-state index is -0.366. The summed E-state index contributed by atoms with van der Waals surface area (Å²) < 4.78 is 1.53. The lowest BCUT2D eigenvalue weighted by atomic mass is 9.97. The number of anilines is 1. The van der Waals surface area contributed by atoms with Crippen LogP contribution in [0, 0.1) is 16.0 Å². The average molecular weight is 309 g/mol. The van der Waals surface area contributed by atoms with E-state index in [-0.39, 0.29) is 10.7 Å². The summed E-state index contributed by atoms with van der Waals surface area (Å²) in [5.74, 6) is 0.995. The highest BCUT2D eigenvalue weighted by molar-refractivity contribution is 7.15. The molecule has 1 aliphatic rings. The van der Waals surface area contributed by atoms with Gasteiger partial charge in [-0.3, -0.25) is 0 Å². The maximum Gasteiger partial charge on any atom is 0.372 e. The molecule has 21 heavy (non-hydrogen) atoms. The molecule has 1 saturated heterocycles. The van der Waals surface area contributed by atoms with E-state index in [2.05, 4.69) is 22.1 Å². The largest absolute Gasteiger partial charge is 0.372 e. The van der Waals surface area contributed by atoms with Crippen molar-refractivity contribution < 1.29 is 4.92 Å². The molecule has 0 aliphatic carbocycles. The second-order valence-corrected chi connectivity index (χ2v) is 6.23. The summed E-state index contributed by atoms with van der Waals surface area (Å²) in [6, 6.07) is 0. The number of aromatic nitrogens is 2. The van der Waals surface area contributed by atoms with Gasteiger partial charge < -0.3 is 20.3 Å². The Bertz CT molecular complexity index is 630. The molecule has 114 valence electrons. The smallest absolute Gasteiger partial charge is 0.363 e. The standard InChI is InChI=1S/C13H19N5O2S/c1-2-16-5-3-10(4-6-16)9-14-11-12(18(19)20)17-7-8-21-13(17)15-11/h7-8,10,14H,2-6,9H2,1H3. The number of nitrogens with one attached hydrogen (secondary N) is 1. The van der Waals surface area contributed by atoms with Crippen LogP contribution in [-0.4, -0.2) is 45.4 Å². The van der Waals surface area contributed by atoms with Crippen molar-refractivity contribution in [1.82, 2.24) is 14.3 Å². The van der Waals surface area contributed by atoms with Gasteiger partial charge in [0.05, 0.1) is 0 Å². The lowest BCUT2D eigenvalue weighted by Gasteiger charge is -2.30. The first-order chi connectivity index (χ1) is 10.2. The second-order valence-electron chi connectivity index (χ2n) is 5.36. The number of thiazole rings is 1. The van der Waals surface area contributed by atoms with Crippen molar-refractivity contribution in [3.8, 4) is 0 Å². The second kappa shape index (κ2) is 5.98. The zero-order valence-corrected chi connectivity index (χ0v) is 12.8. The zero-order chi connectivity index (χ0) is 14.8. The van der Waals surface area contributed by atoms with E-state index in [0.29, 0.717) is 16.7 Å². The fraction of sp³-hybridized carbons (Fsp3) is 0.615. The maximum absolute atomic E-state index is 11.2. The van der Waals surface area contributed by atoms with Gasteiger partial charge in [-0.25, -0.2) is 0 Å². The van der Waals surface area contributed by atoms with Crippen molar-refractivity contribution in [2.45, 2.75) is 19.8 Å². The number of nitrogens with zero attached hydrogens (tertiary/aromatic N) is 4. The highest BCUT2D eigenvalue weighted by atomic mass is 32.1. The molecule has 0 unspecified atom stereocenters. The van der Waals surface area contributed by atoms with Gasteiger partial charge in [-0.15, -0.1) is 0 Å². The van der Waals surface area contributed by atoms with Crippen LogP contribution < -0.4 is 5.32 Å². The predicted molar refractivity (Wildman–Crippen MR) is 83.1 cm³/mol. The van der Waals surface area contributed by atoms with Gasteiger partial charge >= 0.3 is 5.82 Å². The Labute approximate surface area is 126 Å². The maximum atomic E-state index is 11.2. The number of rotatable bonds is 5. The highest BCUT2D eigenvalue weighted by Crippen LogP contribution is 2.28. The Balaban J connectivity index is 1.67. The van der Waals surface area contributed by atoms with Crippen molar-refractivity contribution in [2.75, 3.05) is 31.5 Å². The molecule has 7 nitrogen and oxygen atoms in total. The summed E-state index contributed by atoms with van der Waals surface area (Å²) in [5, 5.41) is 16.2.